The van der Waals surface area contributed by atoms with E-state index in [1.54, 1.807) is 0 Å². The summed E-state index contributed by atoms with van der Waals surface area (Å²) in [4.78, 5) is 0. The first kappa shape index (κ1) is 8.01. The monoisotopic (exact) mass is 151 g/mol. The van der Waals surface area contributed by atoms with Crippen molar-refractivity contribution in [2.75, 3.05) is 0 Å². The van der Waals surface area contributed by atoms with Crippen LogP contribution in [0, 0.1) is 0 Å². The van der Waals surface area contributed by atoms with Crippen LogP contribution in [0.2, 0.25) is 0 Å². The van der Waals surface area contributed by atoms with Gasteiger partial charge in [-0.3, -0.25) is 4.68 Å². The number of aryl methyl sites for hydroxylation is 1. The third kappa shape index (κ3) is 1.68. The van der Waals surface area contributed by atoms with E-state index in [-0.39, 0.29) is 0 Å². The van der Waals surface area contributed by atoms with Gasteiger partial charge in [-0.25, -0.2) is 0 Å². The molecule has 1 rings (SSSR count). The summed E-state index contributed by atoms with van der Waals surface area (Å²) < 4.78 is 1.82. The van der Waals surface area contributed by atoms with Crippen molar-refractivity contribution in [3.8, 4) is 0 Å². The Bertz CT molecular complexity index is 260. The lowest BCUT2D eigenvalue weighted by atomic mass is 10.3. The van der Waals surface area contributed by atoms with Crippen molar-refractivity contribution < 1.29 is 0 Å². The van der Waals surface area contributed by atoms with Crippen molar-refractivity contribution in [1.29, 1.82) is 0 Å². The van der Waals surface area contributed by atoms with Gasteiger partial charge in [-0.15, -0.1) is 0 Å². The lowest BCUT2D eigenvalue weighted by Gasteiger charge is -1.90. The topological polar surface area (TPSA) is 43.8 Å². The van der Waals surface area contributed by atoms with Crippen LogP contribution in [0.25, 0.3) is 6.08 Å². The molecule has 1 aromatic rings. The molecule has 2 N–H and O–H groups in total. The molecule has 0 atom stereocenters. The Morgan fingerprint density at radius 2 is 2.45 bits per heavy atom. The summed E-state index contributed by atoms with van der Waals surface area (Å²) >= 11 is 0. The van der Waals surface area contributed by atoms with Crippen LogP contribution >= 0.6 is 0 Å². The highest BCUT2D eigenvalue weighted by molar-refractivity contribution is 5.44. The van der Waals surface area contributed by atoms with E-state index < -0.39 is 0 Å². The number of aromatic nitrogens is 2. The van der Waals surface area contributed by atoms with E-state index in [4.69, 9.17) is 5.73 Å². The minimum atomic E-state index is 0.505. The molecule has 60 valence electrons. The van der Waals surface area contributed by atoms with Crippen molar-refractivity contribution in [3.63, 3.8) is 0 Å². The summed E-state index contributed by atoms with van der Waals surface area (Å²) in [6.07, 6.45) is 3.99. The van der Waals surface area contributed by atoms with Crippen molar-refractivity contribution in [2.45, 2.75) is 13.5 Å². The number of allylic oxidation sites excluding steroid dienone is 1. The van der Waals surface area contributed by atoms with Crippen LogP contribution in [-0.4, -0.2) is 9.78 Å². The molecule has 11 heavy (non-hydrogen) atoms. The zero-order chi connectivity index (χ0) is 8.27. The second kappa shape index (κ2) is 3.34. The van der Waals surface area contributed by atoms with Crippen molar-refractivity contribution in [2.24, 2.45) is 12.8 Å². The second-order valence-electron chi connectivity index (χ2n) is 2.39. The van der Waals surface area contributed by atoms with Crippen LogP contribution in [-0.2, 0) is 13.6 Å². The maximum absolute atomic E-state index is 5.43. The maximum atomic E-state index is 5.43. The van der Waals surface area contributed by atoms with Gasteiger partial charge in [0, 0.05) is 13.6 Å². The molecule has 0 saturated carbocycles. The zero-order valence-corrected chi connectivity index (χ0v) is 6.91. The van der Waals surface area contributed by atoms with Crippen LogP contribution in [0.15, 0.2) is 12.1 Å². The number of nitrogens with two attached hydrogens (primary N) is 1. The van der Waals surface area contributed by atoms with E-state index >= 15 is 0 Å². The van der Waals surface area contributed by atoms with Crippen molar-refractivity contribution in [1.82, 2.24) is 9.78 Å². The lowest BCUT2D eigenvalue weighted by Crippen LogP contribution is -1.98. The Morgan fingerprint density at radius 3 is 2.91 bits per heavy atom. The number of nitrogens with zero attached hydrogens (tertiary/aromatic N) is 2. The molecule has 3 heteroatoms. The van der Waals surface area contributed by atoms with E-state index in [1.807, 2.05) is 36.9 Å². The quantitative estimate of drug-likeness (QED) is 0.682. The standard InChI is InChI=1S/C8H13N3/c1-3-4-8-5-7(6-9)10-11(8)2/h3-5H,6,9H2,1-2H3/b4-3-. The van der Waals surface area contributed by atoms with E-state index in [1.165, 1.54) is 0 Å². The average molecular weight is 151 g/mol. The van der Waals surface area contributed by atoms with Crippen LogP contribution in [0.4, 0.5) is 0 Å². The van der Waals surface area contributed by atoms with Gasteiger partial charge in [0.1, 0.15) is 0 Å². The van der Waals surface area contributed by atoms with Crippen molar-refractivity contribution >= 4 is 6.08 Å². The van der Waals surface area contributed by atoms with Gasteiger partial charge >= 0.3 is 0 Å². The van der Waals surface area contributed by atoms with Gasteiger partial charge < -0.3 is 5.73 Å². The maximum Gasteiger partial charge on any atom is 0.0766 e. The van der Waals surface area contributed by atoms with Crippen LogP contribution in [0.1, 0.15) is 18.3 Å². The Labute approximate surface area is 66.5 Å². The Kier molecular flexibility index (Phi) is 2.44. The first-order chi connectivity index (χ1) is 5.27. The molecule has 0 aliphatic heterocycles. The highest BCUT2D eigenvalue weighted by Gasteiger charge is 1.98. The number of hydrogen-bond donors (Lipinski definition) is 1. The third-order valence-electron chi connectivity index (χ3n) is 1.51. The van der Waals surface area contributed by atoms with Gasteiger partial charge in [0.25, 0.3) is 0 Å². The fraction of sp³-hybridized carbons (Fsp3) is 0.375. The van der Waals surface area contributed by atoms with Gasteiger partial charge in [-0.2, -0.15) is 5.10 Å². The molecule has 0 radical (unpaired) electrons. The highest BCUT2D eigenvalue weighted by atomic mass is 15.3. The molecule has 3 nitrogen and oxygen atoms in total. The Hall–Kier alpha value is -1.09. The summed E-state index contributed by atoms with van der Waals surface area (Å²) in [6, 6.07) is 1.99. The molecule has 0 spiro atoms. The molecule has 0 unspecified atom stereocenters. The highest BCUT2D eigenvalue weighted by Crippen LogP contribution is 2.03. The summed E-state index contributed by atoms with van der Waals surface area (Å²) in [5.41, 5.74) is 7.45. The summed E-state index contributed by atoms with van der Waals surface area (Å²) in [5, 5.41) is 4.19. The molecular weight excluding hydrogens is 138 g/mol. The normalized spacial score (nSPS) is 11.2. The minimum Gasteiger partial charge on any atom is -0.325 e. The second-order valence-corrected chi connectivity index (χ2v) is 2.39. The zero-order valence-electron chi connectivity index (χ0n) is 6.91. The van der Waals surface area contributed by atoms with Gasteiger partial charge in [0.2, 0.25) is 0 Å². The van der Waals surface area contributed by atoms with Gasteiger partial charge in [0.15, 0.2) is 0 Å². The van der Waals surface area contributed by atoms with E-state index in [0.29, 0.717) is 6.54 Å². The predicted molar refractivity (Wildman–Crippen MR) is 45.8 cm³/mol. The molecule has 0 fully saturated rings. The number of rotatable bonds is 2. The van der Waals surface area contributed by atoms with E-state index in [9.17, 15) is 0 Å². The molecule has 0 saturated heterocycles. The first-order valence-corrected chi connectivity index (χ1v) is 3.63. The summed E-state index contributed by atoms with van der Waals surface area (Å²) in [5.74, 6) is 0. The Morgan fingerprint density at radius 1 is 1.73 bits per heavy atom. The fourth-order valence-corrected chi connectivity index (χ4v) is 0.970. The summed E-state index contributed by atoms with van der Waals surface area (Å²) in [7, 11) is 1.91. The van der Waals surface area contributed by atoms with Crippen LogP contribution in [0.5, 0.6) is 0 Å². The molecule has 1 heterocycles. The molecule has 0 bridgehead atoms. The van der Waals surface area contributed by atoms with E-state index in [2.05, 4.69) is 5.10 Å². The molecular formula is C8H13N3. The van der Waals surface area contributed by atoms with Crippen molar-refractivity contribution in [3.05, 3.63) is 23.5 Å². The van der Waals surface area contributed by atoms with E-state index in [0.717, 1.165) is 11.4 Å². The van der Waals surface area contributed by atoms with Gasteiger partial charge in [-0.05, 0) is 19.1 Å². The van der Waals surface area contributed by atoms with Gasteiger partial charge in [-0.1, -0.05) is 6.08 Å². The third-order valence-corrected chi connectivity index (χ3v) is 1.51. The fourth-order valence-electron chi connectivity index (χ4n) is 0.970. The van der Waals surface area contributed by atoms with Crippen LogP contribution < -0.4 is 5.73 Å². The molecule has 0 aromatic carbocycles. The smallest absolute Gasteiger partial charge is 0.0766 e. The number of hydrogen-bond acceptors (Lipinski definition) is 2. The first-order valence-electron chi connectivity index (χ1n) is 3.63. The van der Waals surface area contributed by atoms with Crippen LogP contribution in [0.3, 0.4) is 0 Å². The molecule has 0 aliphatic carbocycles. The predicted octanol–water partition coefficient (Wildman–Crippen LogP) is 0.912. The minimum absolute atomic E-state index is 0.505. The average Bonchev–Trinajstić information content (AvgIpc) is 2.33. The molecule has 1 aromatic heterocycles. The largest absolute Gasteiger partial charge is 0.325 e. The molecule has 0 amide bonds. The molecule has 0 aliphatic rings. The SMILES string of the molecule is C/C=C\c1cc(CN)nn1C. The van der Waals surface area contributed by atoms with Gasteiger partial charge in [0.05, 0.1) is 11.4 Å². The summed E-state index contributed by atoms with van der Waals surface area (Å²) in [6.45, 7) is 2.49. The Balaban J connectivity index is 2.97. The lowest BCUT2D eigenvalue weighted by molar-refractivity contribution is 0.736.